The smallest absolute Gasteiger partial charge is 0.332 e. The molecule has 0 radical (unpaired) electrons. The van der Waals surface area contributed by atoms with Gasteiger partial charge in [-0.25, -0.2) is 4.79 Å². The maximum atomic E-state index is 13.0. The minimum atomic E-state index is -0.443. The molecular formula is C23H24N4O4. The molecule has 0 aliphatic heterocycles. The van der Waals surface area contributed by atoms with E-state index in [0.717, 1.165) is 21.3 Å². The number of nitrogens with zero attached hydrogens (tertiary/aromatic N) is 4. The van der Waals surface area contributed by atoms with Crippen LogP contribution in [0.1, 0.15) is 16.7 Å². The Kier molecular flexibility index (Phi) is 5.14. The van der Waals surface area contributed by atoms with Gasteiger partial charge in [0, 0.05) is 14.1 Å². The van der Waals surface area contributed by atoms with Crippen molar-refractivity contribution in [1.82, 2.24) is 18.7 Å². The number of methoxy groups -OCH3 is 1. The number of benzene rings is 2. The van der Waals surface area contributed by atoms with Gasteiger partial charge in [0.05, 0.1) is 13.7 Å². The van der Waals surface area contributed by atoms with Crippen LogP contribution in [0, 0.1) is 13.8 Å². The second-order valence-electron chi connectivity index (χ2n) is 7.64. The quantitative estimate of drug-likeness (QED) is 0.496. The van der Waals surface area contributed by atoms with Crippen LogP contribution >= 0.6 is 0 Å². The Labute approximate surface area is 178 Å². The number of hydrogen-bond acceptors (Lipinski definition) is 5. The summed E-state index contributed by atoms with van der Waals surface area (Å²) in [6.45, 7) is 4.29. The van der Waals surface area contributed by atoms with Gasteiger partial charge in [-0.3, -0.25) is 18.5 Å². The van der Waals surface area contributed by atoms with Crippen LogP contribution in [0.25, 0.3) is 11.2 Å². The van der Waals surface area contributed by atoms with Crippen molar-refractivity contribution in [1.29, 1.82) is 0 Å². The van der Waals surface area contributed by atoms with Crippen LogP contribution in [0.5, 0.6) is 17.5 Å². The van der Waals surface area contributed by atoms with Crippen LogP contribution in [-0.2, 0) is 20.6 Å². The number of hydrogen-bond donors (Lipinski definition) is 0. The Morgan fingerprint density at radius 2 is 1.65 bits per heavy atom. The van der Waals surface area contributed by atoms with Gasteiger partial charge < -0.3 is 9.47 Å². The Morgan fingerprint density at radius 1 is 0.935 bits per heavy atom. The number of rotatable bonds is 5. The molecule has 160 valence electrons. The zero-order valence-electron chi connectivity index (χ0n) is 18.2. The van der Waals surface area contributed by atoms with E-state index in [9.17, 15) is 9.59 Å². The van der Waals surface area contributed by atoms with Gasteiger partial charge in [-0.15, -0.1) is 0 Å². The summed E-state index contributed by atoms with van der Waals surface area (Å²) in [6, 6.07) is 13.6. The fourth-order valence-electron chi connectivity index (χ4n) is 3.70. The van der Waals surface area contributed by atoms with Crippen LogP contribution in [0.4, 0.5) is 0 Å². The SMILES string of the molecule is COc1cccc(Cn2c(Oc3cc(C)cc(C)c3)nc3c2c(=O)n(C)c(=O)n3C)c1. The summed E-state index contributed by atoms with van der Waals surface area (Å²) in [5, 5.41) is 0. The number of aromatic nitrogens is 4. The zero-order valence-corrected chi connectivity index (χ0v) is 18.2. The van der Waals surface area contributed by atoms with Gasteiger partial charge in [-0.1, -0.05) is 18.2 Å². The van der Waals surface area contributed by atoms with Crippen molar-refractivity contribution < 1.29 is 9.47 Å². The first-order valence-corrected chi connectivity index (χ1v) is 9.84. The van der Waals surface area contributed by atoms with E-state index in [-0.39, 0.29) is 11.7 Å². The molecule has 2 aromatic carbocycles. The Morgan fingerprint density at radius 3 is 2.32 bits per heavy atom. The van der Waals surface area contributed by atoms with Crippen molar-refractivity contribution in [2.45, 2.75) is 20.4 Å². The predicted octanol–water partition coefficient (Wildman–Crippen LogP) is 2.90. The van der Waals surface area contributed by atoms with Gasteiger partial charge in [-0.05, 0) is 54.8 Å². The lowest BCUT2D eigenvalue weighted by molar-refractivity contribution is 0.412. The number of imidazole rings is 1. The first-order chi connectivity index (χ1) is 14.8. The van der Waals surface area contributed by atoms with Crippen LogP contribution in [-0.4, -0.2) is 25.8 Å². The van der Waals surface area contributed by atoms with Gasteiger partial charge >= 0.3 is 11.7 Å². The van der Waals surface area contributed by atoms with E-state index in [0.29, 0.717) is 23.6 Å². The summed E-state index contributed by atoms with van der Waals surface area (Å²) >= 11 is 0. The minimum absolute atomic E-state index is 0.237. The average Bonchev–Trinajstić information content (AvgIpc) is 3.08. The molecular weight excluding hydrogens is 396 g/mol. The molecule has 0 N–H and O–H groups in total. The molecule has 0 aliphatic rings. The maximum Gasteiger partial charge on any atom is 0.332 e. The molecule has 4 aromatic rings. The lowest BCUT2D eigenvalue weighted by Crippen LogP contribution is -2.37. The lowest BCUT2D eigenvalue weighted by atomic mass is 10.1. The zero-order chi connectivity index (χ0) is 22.3. The van der Waals surface area contributed by atoms with E-state index in [1.807, 2.05) is 56.3 Å². The van der Waals surface area contributed by atoms with Crippen molar-refractivity contribution in [3.05, 3.63) is 80.0 Å². The third-order valence-corrected chi connectivity index (χ3v) is 5.19. The standard InChI is InChI=1S/C23H24N4O4/c1-14-9-15(2)11-18(10-14)31-22-24-20-19(21(28)26(4)23(29)25(20)3)27(22)13-16-7-6-8-17(12-16)30-5/h6-12H,13H2,1-5H3. The van der Waals surface area contributed by atoms with Gasteiger partial charge in [0.1, 0.15) is 11.5 Å². The van der Waals surface area contributed by atoms with E-state index in [2.05, 4.69) is 4.98 Å². The summed E-state index contributed by atoms with van der Waals surface area (Å²) in [5.74, 6) is 1.32. The van der Waals surface area contributed by atoms with Gasteiger partial charge in [0.2, 0.25) is 0 Å². The number of ether oxygens (including phenoxy) is 2. The molecule has 0 atom stereocenters. The molecule has 0 saturated heterocycles. The highest BCUT2D eigenvalue weighted by atomic mass is 16.5. The molecule has 8 nitrogen and oxygen atoms in total. The third-order valence-electron chi connectivity index (χ3n) is 5.19. The lowest BCUT2D eigenvalue weighted by Gasteiger charge is -2.12. The van der Waals surface area contributed by atoms with Crippen molar-refractivity contribution in [3.8, 4) is 17.5 Å². The number of fused-ring (bicyclic) bond motifs is 1. The first-order valence-electron chi connectivity index (χ1n) is 9.84. The van der Waals surface area contributed by atoms with Crippen LogP contribution < -0.4 is 20.7 Å². The van der Waals surface area contributed by atoms with Crippen LogP contribution in [0.3, 0.4) is 0 Å². The molecule has 0 amide bonds. The molecule has 8 heteroatoms. The molecule has 0 fully saturated rings. The molecule has 2 aromatic heterocycles. The summed E-state index contributed by atoms with van der Waals surface area (Å²) in [5.41, 5.74) is 2.70. The summed E-state index contributed by atoms with van der Waals surface area (Å²) < 4.78 is 15.6. The summed E-state index contributed by atoms with van der Waals surface area (Å²) in [6.07, 6.45) is 0. The summed E-state index contributed by atoms with van der Waals surface area (Å²) in [7, 11) is 4.65. The largest absolute Gasteiger partial charge is 0.497 e. The van der Waals surface area contributed by atoms with Crippen LogP contribution in [0.15, 0.2) is 52.1 Å². The Hall–Kier alpha value is -3.81. The topological polar surface area (TPSA) is 80.3 Å². The van der Waals surface area contributed by atoms with Crippen molar-refractivity contribution in [2.75, 3.05) is 7.11 Å². The first kappa shape index (κ1) is 20.5. The normalized spacial score (nSPS) is 11.1. The molecule has 4 rings (SSSR count). The van der Waals surface area contributed by atoms with E-state index < -0.39 is 11.2 Å². The molecule has 31 heavy (non-hydrogen) atoms. The molecule has 0 spiro atoms. The van der Waals surface area contributed by atoms with E-state index in [4.69, 9.17) is 9.47 Å². The van der Waals surface area contributed by atoms with E-state index in [1.165, 1.54) is 11.6 Å². The van der Waals surface area contributed by atoms with E-state index in [1.54, 1.807) is 18.7 Å². The molecule has 2 heterocycles. The van der Waals surface area contributed by atoms with Gasteiger partial charge in [-0.2, -0.15) is 4.98 Å². The van der Waals surface area contributed by atoms with E-state index >= 15 is 0 Å². The fourth-order valence-corrected chi connectivity index (χ4v) is 3.70. The average molecular weight is 420 g/mol. The third kappa shape index (κ3) is 3.72. The second-order valence-corrected chi connectivity index (χ2v) is 7.64. The monoisotopic (exact) mass is 420 g/mol. The molecule has 0 saturated carbocycles. The van der Waals surface area contributed by atoms with Gasteiger partial charge in [0.15, 0.2) is 11.2 Å². The fraction of sp³-hybridized carbons (Fsp3) is 0.261. The Balaban J connectivity index is 1.94. The van der Waals surface area contributed by atoms with Crippen molar-refractivity contribution in [3.63, 3.8) is 0 Å². The predicted molar refractivity (Wildman–Crippen MR) is 118 cm³/mol. The molecule has 0 bridgehead atoms. The molecule has 0 unspecified atom stereocenters. The summed E-state index contributed by atoms with van der Waals surface area (Å²) in [4.78, 5) is 30.0. The highest BCUT2D eigenvalue weighted by Crippen LogP contribution is 2.27. The highest BCUT2D eigenvalue weighted by molar-refractivity contribution is 5.72. The van der Waals surface area contributed by atoms with Crippen molar-refractivity contribution >= 4 is 11.2 Å². The molecule has 0 aliphatic carbocycles. The Bertz CT molecular complexity index is 1390. The maximum absolute atomic E-state index is 13.0. The van der Waals surface area contributed by atoms with Gasteiger partial charge in [0.25, 0.3) is 5.56 Å². The second kappa shape index (κ2) is 7.79. The number of aryl methyl sites for hydroxylation is 3. The van der Waals surface area contributed by atoms with Crippen molar-refractivity contribution in [2.24, 2.45) is 14.1 Å². The van der Waals surface area contributed by atoms with Crippen LogP contribution in [0.2, 0.25) is 0 Å². The minimum Gasteiger partial charge on any atom is -0.497 e. The highest BCUT2D eigenvalue weighted by Gasteiger charge is 2.21.